The number of carbonyl (C=O) groups is 1. The largest absolute Gasteiger partial charge is 0.424 e. The van der Waals surface area contributed by atoms with Crippen LogP contribution in [0.4, 0.5) is 0 Å². The zero-order valence-corrected chi connectivity index (χ0v) is 10.3. The minimum absolute atomic E-state index is 0.221. The number of rotatable bonds is 2. The number of thiophene rings is 1. The average molecular weight is 314 g/mol. The lowest BCUT2D eigenvalue weighted by Gasteiger charge is -1.98. The Bertz CT molecular complexity index is 296. The van der Waals surface area contributed by atoms with Crippen molar-refractivity contribution in [1.29, 1.82) is 0 Å². The molecule has 0 bridgehead atoms. The molecule has 5 heteroatoms. The second-order valence-electron chi connectivity index (χ2n) is 2.02. The highest BCUT2D eigenvalue weighted by atomic mass is 79.9. The van der Waals surface area contributed by atoms with Gasteiger partial charge in [-0.2, -0.15) is 0 Å². The van der Waals surface area contributed by atoms with Gasteiger partial charge in [0.1, 0.15) is 0 Å². The summed E-state index contributed by atoms with van der Waals surface area (Å²) in [7, 11) is 0. The third-order valence-corrected chi connectivity index (χ3v) is 4.45. The number of hydrogen-bond donors (Lipinski definition) is 0. The van der Waals surface area contributed by atoms with Crippen LogP contribution in [0.1, 0.15) is 13.3 Å². The topological polar surface area (TPSA) is 26.3 Å². The molecule has 0 fully saturated rings. The molecule has 0 N–H and O–H groups in total. The molecule has 0 spiro atoms. The van der Waals surface area contributed by atoms with Crippen molar-refractivity contribution < 1.29 is 9.53 Å². The number of carbonyl (C=O) groups excluding carboxylic acids is 1. The Labute approximate surface area is 91.2 Å². The Balaban J connectivity index is 2.76. The Hall–Kier alpha value is 0.130. The molecule has 0 amide bonds. The third-order valence-electron chi connectivity index (χ3n) is 1.17. The van der Waals surface area contributed by atoms with Crippen LogP contribution >= 0.6 is 43.2 Å². The monoisotopic (exact) mass is 312 g/mol. The normalized spacial score (nSPS) is 9.92. The van der Waals surface area contributed by atoms with Gasteiger partial charge in [-0.05, 0) is 31.9 Å². The van der Waals surface area contributed by atoms with E-state index in [1.165, 1.54) is 11.3 Å². The van der Waals surface area contributed by atoms with Crippen molar-refractivity contribution in [2.24, 2.45) is 0 Å². The van der Waals surface area contributed by atoms with E-state index in [4.69, 9.17) is 4.74 Å². The standard InChI is InChI=1S/C7H6Br2O2S/c1-2-5(10)11-4-3-12-7(9)6(4)8/h3H,2H2,1H3. The van der Waals surface area contributed by atoms with Gasteiger partial charge >= 0.3 is 5.97 Å². The van der Waals surface area contributed by atoms with Gasteiger partial charge < -0.3 is 4.74 Å². The highest BCUT2D eigenvalue weighted by molar-refractivity contribution is 9.13. The first-order valence-electron chi connectivity index (χ1n) is 3.28. The van der Waals surface area contributed by atoms with Crippen molar-refractivity contribution in [2.75, 3.05) is 0 Å². The van der Waals surface area contributed by atoms with Crippen molar-refractivity contribution >= 4 is 49.2 Å². The molecule has 66 valence electrons. The Kier molecular flexibility index (Phi) is 3.74. The molecule has 0 saturated carbocycles. The minimum atomic E-state index is -0.221. The lowest BCUT2D eigenvalue weighted by molar-refractivity contribution is -0.134. The molecule has 12 heavy (non-hydrogen) atoms. The molecule has 0 aliphatic carbocycles. The van der Waals surface area contributed by atoms with Gasteiger partial charge in [0.15, 0.2) is 5.75 Å². The summed E-state index contributed by atoms with van der Waals surface area (Å²) >= 11 is 8.08. The van der Waals surface area contributed by atoms with Crippen LogP contribution in [0.25, 0.3) is 0 Å². The first kappa shape index (κ1) is 10.2. The van der Waals surface area contributed by atoms with Gasteiger partial charge in [0.05, 0.1) is 8.26 Å². The van der Waals surface area contributed by atoms with Crippen LogP contribution in [-0.4, -0.2) is 5.97 Å². The quantitative estimate of drug-likeness (QED) is 0.780. The molecule has 0 aliphatic rings. The van der Waals surface area contributed by atoms with Gasteiger partial charge in [-0.3, -0.25) is 4.79 Å². The van der Waals surface area contributed by atoms with Gasteiger partial charge in [-0.25, -0.2) is 0 Å². The molecule has 1 heterocycles. The van der Waals surface area contributed by atoms with Crippen LogP contribution in [0.5, 0.6) is 5.75 Å². The van der Waals surface area contributed by atoms with E-state index >= 15 is 0 Å². The maximum Gasteiger partial charge on any atom is 0.310 e. The van der Waals surface area contributed by atoms with E-state index in [1.807, 2.05) is 0 Å². The van der Waals surface area contributed by atoms with Crippen LogP contribution in [0, 0.1) is 0 Å². The lowest BCUT2D eigenvalue weighted by atomic mass is 10.5. The second kappa shape index (κ2) is 4.39. The molecule has 0 unspecified atom stereocenters. The number of esters is 1. The van der Waals surface area contributed by atoms with Crippen LogP contribution in [-0.2, 0) is 4.79 Å². The predicted molar refractivity (Wildman–Crippen MR) is 55.6 cm³/mol. The smallest absolute Gasteiger partial charge is 0.310 e. The second-order valence-corrected chi connectivity index (χ2v) is 5.01. The maximum atomic E-state index is 10.9. The summed E-state index contributed by atoms with van der Waals surface area (Å²) in [6.07, 6.45) is 0.389. The first-order chi connectivity index (χ1) is 5.65. The Morgan fingerprint density at radius 3 is 2.75 bits per heavy atom. The maximum absolute atomic E-state index is 10.9. The summed E-state index contributed by atoms with van der Waals surface area (Å²) in [5.41, 5.74) is 0. The fourth-order valence-electron chi connectivity index (χ4n) is 0.569. The fraction of sp³-hybridized carbons (Fsp3) is 0.286. The van der Waals surface area contributed by atoms with E-state index in [9.17, 15) is 4.79 Å². The summed E-state index contributed by atoms with van der Waals surface area (Å²) in [5, 5.41) is 1.78. The summed E-state index contributed by atoms with van der Waals surface area (Å²) in [6.45, 7) is 1.76. The zero-order chi connectivity index (χ0) is 9.14. The molecular weight excluding hydrogens is 308 g/mol. The summed E-state index contributed by atoms with van der Waals surface area (Å²) in [5.74, 6) is 0.361. The molecule has 0 radical (unpaired) electrons. The highest BCUT2D eigenvalue weighted by Gasteiger charge is 2.10. The van der Waals surface area contributed by atoms with Crippen molar-refractivity contribution in [3.8, 4) is 5.75 Å². The van der Waals surface area contributed by atoms with E-state index in [0.29, 0.717) is 12.2 Å². The first-order valence-corrected chi connectivity index (χ1v) is 5.75. The summed E-state index contributed by atoms with van der Waals surface area (Å²) in [6, 6.07) is 0. The van der Waals surface area contributed by atoms with Crippen LogP contribution in [0.3, 0.4) is 0 Å². The molecule has 0 saturated heterocycles. The molecule has 0 aromatic carbocycles. The molecule has 2 nitrogen and oxygen atoms in total. The SMILES string of the molecule is CCC(=O)Oc1csc(Br)c1Br. The summed E-state index contributed by atoms with van der Waals surface area (Å²) in [4.78, 5) is 10.9. The molecule has 1 aromatic rings. The predicted octanol–water partition coefficient (Wildman–Crippen LogP) is 3.59. The molecule has 1 rings (SSSR count). The molecule has 1 aromatic heterocycles. The van der Waals surface area contributed by atoms with Crippen molar-refractivity contribution in [2.45, 2.75) is 13.3 Å². The molecule has 0 aliphatic heterocycles. The van der Waals surface area contributed by atoms with Crippen molar-refractivity contribution in [1.82, 2.24) is 0 Å². The van der Waals surface area contributed by atoms with Gasteiger partial charge in [0.25, 0.3) is 0 Å². The average Bonchev–Trinajstić information content (AvgIpc) is 2.36. The van der Waals surface area contributed by atoms with Gasteiger partial charge in [-0.15, -0.1) is 11.3 Å². The molecule has 0 atom stereocenters. The van der Waals surface area contributed by atoms with Gasteiger partial charge in [0.2, 0.25) is 0 Å². The highest BCUT2D eigenvalue weighted by Crippen LogP contribution is 2.38. The summed E-state index contributed by atoms with van der Waals surface area (Å²) < 4.78 is 6.74. The van der Waals surface area contributed by atoms with Crippen molar-refractivity contribution in [3.63, 3.8) is 0 Å². The minimum Gasteiger partial charge on any atom is -0.424 e. The Morgan fingerprint density at radius 2 is 2.33 bits per heavy atom. The van der Waals surface area contributed by atoms with Crippen molar-refractivity contribution in [3.05, 3.63) is 13.6 Å². The van der Waals surface area contributed by atoms with Gasteiger partial charge in [0, 0.05) is 11.8 Å². The fourth-order valence-corrected chi connectivity index (χ4v) is 2.25. The third kappa shape index (κ3) is 2.31. The van der Waals surface area contributed by atoms with Gasteiger partial charge in [-0.1, -0.05) is 6.92 Å². The van der Waals surface area contributed by atoms with E-state index in [-0.39, 0.29) is 5.97 Å². The number of ether oxygens (including phenoxy) is 1. The van der Waals surface area contributed by atoms with E-state index in [1.54, 1.807) is 12.3 Å². The number of hydrogen-bond acceptors (Lipinski definition) is 3. The molecular formula is C7H6Br2O2S. The Morgan fingerprint density at radius 1 is 1.67 bits per heavy atom. The van der Waals surface area contributed by atoms with E-state index in [0.717, 1.165) is 8.26 Å². The van der Waals surface area contributed by atoms with Crippen LogP contribution < -0.4 is 4.74 Å². The zero-order valence-electron chi connectivity index (χ0n) is 6.27. The van der Waals surface area contributed by atoms with Crippen LogP contribution in [0.2, 0.25) is 0 Å². The lowest BCUT2D eigenvalue weighted by Crippen LogP contribution is -2.04. The number of halogens is 2. The van der Waals surface area contributed by atoms with Crippen LogP contribution in [0.15, 0.2) is 13.6 Å². The van der Waals surface area contributed by atoms with E-state index < -0.39 is 0 Å². The van der Waals surface area contributed by atoms with E-state index in [2.05, 4.69) is 31.9 Å².